The summed E-state index contributed by atoms with van der Waals surface area (Å²) in [5.74, 6) is 0.425. The fraction of sp³-hybridized carbons (Fsp3) is 0.400. The number of carbonyl (C=O) groups is 1. The number of amides is 1. The lowest BCUT2D eigenvalue weighted by atomic mass is 10.1. The van der Waals surface area contributed by atoms with E-state index < -0.39 is 16.1 Å². The molecule has 1 amide bonds. The Labute approximate surface area is 181 Å². The summed E-state index contributed by atoms with van der Waals surface area (Å²) < 4.78 is 27.3. The van der Waals surface area contributed by atoms with Crippen LogP contribution < -0.4 is 4.90 Å². The predicted octanol–water partition coefficient (Wildman–Crippen LogP) is 2.04. The summed E-state index contributed by atoms with van der Waals surface area (Å²) in [5, 5.41) is 10.9. The second kappa shape index (κ2) is 10.2. The Hall–Kier alpha value is -2.20. The van der Waals surface area contributed by atoms with Crippen LogP contribution in [0.3, 0.4) is 0 Å². The lowest BCUT2D eigenvalue weighted by Crippen LogP contribution is -2.51. The number of carbonyl (C=O) groups excluding carboxylic acids is 1. The Morgan fingerprint density at radius 3 is 2.43 bits per heavy atom. The van der Waals surface area contributed by atoms with Gasteiger partial charge in [0, 0.05) is 32.4 Å². The van der Waals surface area contributed by atoms with Crippen molar-refractivity contribution in [2.75, 3.05) is 36.8 Å². The lowest BCUT2D eigenvalue weighted by Gasteiger charge is -2.35. The molecule has 30 heavy (non-hydrogen) atoms. The van der Waals surface area contributed by atoms with Crippen LogP contribution in [0.1, 0.15) is 12.0 Å². The van der Waals surface area contributed by atoms with Crippen LogP contribution in [0.5, 0.6) is 0 Å². The lowest BCUT2D eigenvalue weighted by molar-refractivity contribution is -0.158. The van der Waals surface area contributed by atoms with Gasteiger partial charge in [-0.1, -0.05) is 41.9 Å². The molecular formula is C20H25ClN4O4S. The van der Waals surface area contributed by atoms with Crippen LogP contribution in [0.15, 0.2) is 48.7 Å². The van der Waals surface area contributed by atoms with Crippen LogP contribution in [-0.4, -0.2) is 72.4 Å². The summed E-state index contributed by atoms with van der Waals surface area (Å²) in [4.78, 5) is 17.4. The zero-order chi connectivity index (χ0) is 21.6. The fourth-order valence-electron chi connectivity index (χ4n) is 3.45. The summed E-state index contributed by atoms with van der Waals surface area (Å²) in [6, 6.07) is 12.3. The van der Waals surface area contributed by atoms with Gasteiger partial charge in [0.25, 0.3) is 0 Å². The summed E-state index contributed by atoms with van der Waals surface area (Å²) in [5.41, 5.74) is 1.02. The van der Waals surface area contributed by atoms with E-state index in [2.05, 4.69) is 4.98 Å². The molecule has 8 nitrogen and oxygen atoms in total. The second-order valence-electron chi connectivity index (χ2n) is 7.16. The molecule has 0 saturated carbocycles. The van der Waals surface area contributed by atoms with Gasteiger partial charge < -0.3 is 4.90 Å². The van der Waals surface area contributed by atoms with E-state index in [1.54, 1.807) is 18.3 Å². The Morgan fingerprint density at radius 2 is 1.83 bits per heavy atom. The number of pyridine rings is 1. The zero-order valence-corrected chi connectivity index (χ0v) is 18.0. The number of aryl methyl sites for hydroxylation is 1. The zero-order valence-electron chi connectivity index (χ0n) is 16.5. The van der Waals surface area contributed by atoms with E-state index in [-0.39, 0.29) is 12.2 Å². The Morgan fingerprint density at radius 1 is 1.13 bits per heavy atom. The molecule has 1 N–H and O–H groups in total. The third kappa shape index (κ3) is 5.91. The number of sulfonamides is 1. The van der Waals surface area contributed by atoms with E-state index in [1.807, 2.05) is 35.2 Å². The molecule has 1 saturated heterocycles. The largest absolute Gasteiger partial charge is 0.354 e. The highest BCUT2D eigenvalue weighted by Gasteiger charge is 2.31. The van der Waals surface area contributed by atoms with Crippen LogP contribution in [0.2, 0.25) is 5.02 Å². The third-order valence-corrected chi connectivity index (χ3v) is 7.34. The Kier molecular flexibility index (Phi) is 7.65. The summed E-state index contributed by atoms with van der Waals surface area (Å²) >= 11 is 5.87. The molecule has 10 heteroatoms. The maximum Gasteiger partial charge on any atom is 0.233 e. The first kappa shape index (κ1) is 22.5. The predicted molar refractivity (Wildman–Crippen MR) is 115 cm³/mol. The first-order chi connectivity index (χ1) is 14.4. The van der Waals surface area contributed by atoms with Crippen LogP contribution in [0, 0.1) is 0 Å². The van der Waals surface area contributed by atoms with E-state index >= 15 is 0 Å². The van der Waals surface area contributed by atoms with Gasteiger partial charge in [-0.3, -0.25) is 10.0 Å². The topological polar surface area (TPSA) is 94.0 Å². The van der Waals surface area contributed by atoms with Gasteiger partial charge in [0.2, 0.25) is 16.4 Å². The number of hydrogen-bond acceptors (Lipinski definition) is 6. The van der Waals surface area contributed by atoms with Gasteiger partial charge in [-0.25, -0.2) is 18.5 Å². The highest BCUT2D eigenvalue weighted by atomic mass is 35.5. The highest BCUT2D eigenvalue weighted by molar-refractivity contribution is 7.89. The number of nitrogens with zero attached hydrogens (tertiary/aromatic N) is 4. The molecule has 1 aliphatic heterocycles. The first-order valence-electron chi connectivity index (χ1n) is 9.70. The standard InChI is InChI=1S/C20H25ClN4O4S/c21-18-7-9-20(22-14-18)23-10-12-24(13-11-23)30(28,29)15-19(25(27)16-26)8-6-17-4-2-1-3-5-17/h1-5,7,9,14,16,19,27H,6,8,10-13,15H2. The van der Waals surface area contributed by atoms with Crippen LogP contribution in [-0.2, 0) is 21.2 Å². The summed E-state index contributed by atoms with van der Waals surface area (Å²) in [7, 11) is -3.65. The minimum atomic E-state index is -3.65. The summed E-state index contributed by atoms with van der Waals surface area (Å²) in [6.45, 7) is 1.62. The van der Waals surface area contributed by atoms with Crippen LogP contribution >= 0.6 is 11.6 Å². The molecule has 0 radical (unpaired) electrons. The van der Waals surface area contributed by atoms with Gasteiger partial charge in [0.1, 0.15) is 5.82 Å². The number of aromatic nitrogens is 1. The van der Waals surface area contributed by atoms with Crippen LogP contribution in [0.4, 0.5) is 5.82 Å². The number of halogens is 1. The molecule has 2 aromatic rings. The normalized spacial score (nSPS) is 16.3. The first-order valence-corrected chi connectivity index (χ1v) is 11.7. The summed E-state index contributed by atoms with van der Waals surface area (Å²) in [6.07, 6.45) is 2.72. The highest BCUT2D eigenvalue weighted by Crippen LogP contribution is 2.19. The van der Waals surface area contributed by atoms with Crippen molar-refractivity contribution >= 4 is 33.9 Å². The van der Waals surface area contributed by atoms with Crippen molar-refractivity contribution in [2.45, 2.75) is 18.9 Å². The molecular weight excluding hydrogens is 428 g/mol. The number of piperazine rings is 1. The molecule has 0 aliphatic carbocycles. The van der Waals surface area contributed by atoms with Crippen molar-refractivity contribution in [3.8, 4) is 0 Å². The van der Waals surface area contributed by atoms with E-state index in [9.17, 15) is 18.4 Å². The van der Waals surface area contributed by atoms with Crippen molar-refractivity contribution in [3.63, 3.8) is 0 Å². The second-order valence-corrected chi connectivity index (χ2v) is 9.61. The Bertz CT molecular complexity index is 920. The van der Waals surface area contributed by atoms with Gasteiger partial charge in [0.15, 0.2) is 0 Å². The van der Waals surface area contributed by atoms with Gasteiger partial charge in [-0.15, -0.1) is 0 Å². The number of rotatable bonds is 9. The quantitative estimate of drug-likeness (QED) is 0.355. The molecule has 3 rings (SSSR count). The van der Waals surface area contributed by atoms with Crippen molar-refractivity contribution < 1.29 is 18.4 Å². The van der Waals surface area contributed by atoms with Crippen LogP contribution in [0.25, 0.3) is 0 Å². The molecule has 1 aromatic carbocycles. The molecule has 1 aliphatic rings. The maximum absolute atomic E-state index is 12.9. The third-order valence-electron chi connectivity index (χ3n) is 5.16. The van der Waals surface area contributed by atoms with E-state index in [1.165, 1.54) is 4.31 Å². The molecule has 1 unspecified atom stereocenters. The average molecular weight is 453 g/mol. The molecule has 0 spiro atoms. The molecule has 162 valence electrons. The number of hydrogen-bond donors (Lipinski definition) is 1. The van der Waals surface area contributed by atoms with E-state index in [0.717, 1.165) is 11.4 Å². The molecule has 0 bridgehead atoms. The smallest absolute Gasteiger partial charge is 0.233 e. The molecule has 1 atom stereocenters. The molecule has 1 aromatic heterocycles. The van der Waals surface area contributed by atoms with Gasteiger partial charge in [0.05, 0.1) is 16.8 Å². The maximum atomic E-state index is 12.9. The number of hydroxylamine groups is 2. The number of benzene rings is 1. The van der Waals surface area contributed by atoms with E-state index in [4.69, 9.17) is 11.6 Å². The molecule has 1 fully saturated rings. The number of anilines is 1. The van der Waals surface area contributed by atoms with Gasteiger partial charge >= 0.3 is 0 Å². The minimum absolute atomic E-state index is 0.259. The Balaban J connectivity index is 1.60. The SMILES string of the molecule is O=CN(O)C(CCc1ccccc1)CS(=O)(=O)N1CCN(c2ccc(Cl)cn2)CC1. The molecule has 2 heterocycles. The minimum Gasteiger partial charge on any atom is -0.354 e. The fourth-order valence-corrected chi connectivity index (χ4v) is 5.30. The van der Waals surface area contributed by atoms with Crippen molar-refractivity contribution in [1.29, 1.82) is 0 Å². The van der Waals surface area contributed by atoms with Crippen molar-refractivity contribution in [2.24, 2.45) is 0 Å². The average Bonchev–Trinajstić information content (AvgIpc) is 2.77. The van der Waals surface area contributed by atoms with E-state index in [0.29, 0.717) is 49.1 Å². The van der Waals surface area contributed by atoms with Gasteiger partial charge in [-0.2, -0.15) is 4.31 Å². The van der Waals surface area contributed by atoms with Gasteiger partial charge in [-0.05, 0) is 30.5 Å². The van der Waals surface area contributed by atoms with Crippen molar-refractivity contribution in [3.05, 3.63) is 59.2 Å². The monoisotopic (exact) mass is 452 g/mol. The van der Waals surface area contributed by atoms with Crippen molar-refractivity contribution in [1.82, 2.24) is 14.4 Å².